The van der Waals surface area contributed by atoms with Crippen LogP contribution in [-0.2, 0) is 0 Å². The second-order valence-corrected chi connectivity index (χ2v) is 2.69. The van der Waals surface area contributed by atoms with Gasteiger partial charge in [-0.25, -0.2) is 9.18 Å². The molecule has 0 aliphatic rings. The zero-order valence-electron chi connectivity index (χ0n) is 7.70. The van der Waals surface area contributed by atoms with Gasteiger partial charge < -0.3 is 10.8 Å². The number of urea groups is 1. The first-order chi connectivity index (χ1) is 6.57. The number of amides is 2. The van der Waals surface area contributed by atoms with Gasteiger partial charge in [-0.2, -0.15) is 0 Å². The highest BCUT2D eigenvalue weighted by Crippen LogP contribution is 2.29. The van der Waals surface area contributed by atoms with Crippen LogP contribution >= 0.6 is 0 Å². The second kappa shape index (κ2) is 3.95. The fourth-order valence-electron chi connectivity index (χ4n) is 1.17. The molecule has 0 aliphatic carbocycles. The maximum Gasteiger partial charge on any atom is 0.319 e. The standard InChI is InChI=1S/C9H11FN2O2/c1-2-12(9(11)14)7-5-3-4-6(10)8(7)13/h3-5,13H,2H2,1H3,(H2,11,14). The summed E-state index contributed by atoms with van der Waals surface area (Å²) in [6, 6.07) is 3.20. The van der Waals surface area contributed by atoms with Gasteiger partial charge in [-0.1, -0.05) is 6.07 Å². The molecule has 2 amide bonds. The van der Waals surface area contributed by atoms with Gasteiger partial charge in [0.25, 0.3) is 0 Å². The first-order valence-electron chi connectivity index (χ1n) is 4.12. The van der Waals surface area contributed by atoms with E-state index < -0.39 is 17.6 Å². The molecule has 0 saturated heterocycles. The lowest BCUT2D eigenvalue weighted by Crippen LogP contribution is -2.35. The Bertz CT molecular complexity index is 355. The van der Waals surface area contributed by atoms with Crippen LogP contribution in [0.15, 0.2) is 18.2 Å². The van der Waals surface area contributed by atoms with Crippen LogP contribution in [0.4, 0.5) is 14.9 Å². The van der Waals surface area contributed by atoms with Crippen molar-refractivity contribution in [2.24, 2.45) is 5.73 Å². The molecule has 5 heteroatoms. The molecule has 1 aromatic rings. The summed E-state index contributed by atoms with van der Waals surface area (Å²) in [5.74, 6) is -1.34. The Balaban J connectivity index is 3.16. The highest BCUT2D eigenvalue weighted by molar-refractivity contribution is 5.92. The van der Waals surface area contributed by atoms with E-state index in [0.29, 0.717) is 0 Å². The average Bonchev–Trinajstić information content (AvgIpc) is 2.13. The summed E-state index contributed by atoms with van der Waals surface area (Å²) in [4.78, 5) is 12.0. The van der Waals surface area contributed by atoms with Crippen molar-refractivity contribution in [2.75, 3.05) is 11.4 Å². The molecule has 76 valence electrons. The van der Waals surface area contributed by atoms with E-state index in [1.807, 2.05) is 0 Å². The van der Waals surface area contributed by atoms with E-state index in [0.717, 1.165) is 11.0 Å². The SMILES string of the molecule is CCN(C(N)=O)c1cccc(F)c1O. The molecule has 0 heterocycles. The Morgan fingerprint density at radius 1 is 1.64 bits per heavy atom. The lowest BCUT2D eigenvalue weighted by molar-refractivity contribution is 0.254. The minimum Gasteiger partial charge on any atom is -0.503 e. The van der Waals surface area contributed by atoms with Crippen molar-refractivity contribution in [3.8, 4) is 5.75 Å². The van der Waals surface area contributed by atoms with Crippen LogP contribution in [0, 0.1) is 5.82 Å². The smallest absolute Gasteiger partial charge is 0.319 e. The minimum absolute atomic E-state index is 0.0833. The normalized spacial score (nSPS) is 9.86. The number of anilines is 1. The number of phenolic OH excluding ortho intramolecular Hbond substituents is 1. The number of benzene rings is 1. The number of phenols is 1. The van der Waals surface area contributed by atoms with Crippen molar-refractivity contribution in [3.63, 3.8) is 0 Å². The average molecular weight is 198 g/mol. The lowest BCUT2D eigenvalue weighted by atomic mass is 10.2. The van der Waals surface area contributed by atoms with Gasteiger partial charge in [0, 0.05) is 6.54 Å². The van der Waals surface area contributed by atoms with Gasteiger partial charge in [-0.05, 0) is 19.1 Å². The van der Waals surface area contributed by atoms with Crippen molar-refractivity contribution in [1.82, 2.24) is 0 Å². The molecule has 14 heavy (non-hydrogen) atoms. The molecule has 3 N–H and O–H groups in total. The van der Waals surface area contributed by atoms with Gasteiger partial charge >= 0.3 is 6.03 Å². The van der Waals surface area contributed by atoms with Crippen LogP contribution in [0.2, 0.25) is 0 Å². The highest BCUT2D eigenvalue weighted by Gasteiger charge is 2.16. The van der Waals surface area contributed by atoms with E-state index in [-0.39, 0.29) is 12.2 Å². The first kappa shape index (κ1) is 10.3. The van der Waals surface area contributed by atoms with E-state index in [1.54, 1.807) is 6.92 Å². The molecule has 0 radical (unpaired) electrons. The summed E-state index contributed by atoms with van der Waals surface area (Å²) in [6.07, 6.45) is 0. The number of primary amides is 1. The summed E-state index contributed by atoms with van der Waals surface area (Å²) < 4.78 is 12.9. The third kappa shape index (κ3) is 1.76. The molecule has 0 bridgehead atoms. The first-order valence-corrected chi connectivity index (χ1v) is 4.12. The number of rotatable bonds is 2. The molecule has 0 spiro atoms. The molecule has 1 rings (SSSR count). The van der Waals surface area contributed by atoms with Gasteiger partial charge in [0.1, 0.15) is 0 Å². The second-order valence-electron chi connectivity index (χ2n) is 2.69. The molecular weight excluding hydrogens is 187 g/mol. The van der Waals surface area contributed by atoms with Crippen LogP contribution in [-0.4, -0.2) is 17.7 Å². The molecule has 0 aliphatic heterocycles. The maximum absolute atomic E-state index is 12.9. The number of nitrogens with zero attached hydrogens (tertiary/aromatic N) is 1. The summed E-state index contributed by atoms with van der Waals surface area (Å²) in [7, 11) is 0. The number of halogens is 1. The number of nitrogens with two attached hydrogens (primary N) is 1. The van der Waals surface area contributed by atoms with Crippen LogP contribution in [0.5, 0.6) is 5.75 Å². The molecule has 4 nitrogen and oxygen atoms in total. The van der Waals surface area contributed by atoms with Crippen LogP contribution in [0.1, 0.15) is 6.92 Å². The Labute approximate surface area is 80.7 Å². The van der Waals surface area contributed by atoms with Crippen LogP contribution in [0.25, 0.3) is 0 Å². The Kier molecular flexibility index (Phi) is 2.91. The molecule has 0 unspecified atom stereocenters. The number of hydrogen-bond acceptors (Lipinski definition) is 2. The summed E-state index contributed by atoms with van der Waals surface area (Å²) >= 11 is 0. The monoisotopic (exact) mass is 198 g/mol. The molecule has 0 fully saturated rings. The molecule has 1 aromatic carbocycles. The molecule has 0 saturated carbocycles. The molecule has 0 atom stereocenters. The number of carbonyl (C=O) groups is 1. The summed E-state index contributed by atoms with van der Waals surface area (Å²) in [6.45, 7) is 1.95. The largest absolute Gasteiger partial charge is 0.503 e. The van der Waals surface area contributed by atoms with Crippen molar-refractivity contribution in [3.05, 3.63) is 24.0 Å². The summed E-state index contributed by atoms with van der Waals surface area (Å²) in [5.41, 5.74) is 5.13. The number of aromatic hydroxyl groups is 1. The van der Waals surface area contributed by atoms with Crippen molar-refractivity contribution in [2.45, 2.75) is 6.92 Å². The topological polar surface area (TPSA) is 66.6 Å². The maximum atomic E-state index is 12.9. The lowest BCUT2D eigenvalue weighted by Gasteiger charge is -2.19. The van der Waals surface area contributed by atoms with Crippen LogP contribution in [0.3, 0.4) is 0 Å². The Morgan fingerprint density at radius 3 is 2.79 bits per heavy atom. The van der Waals surface area contributed by atoms with Gasteiger partial charge in [-0.15, -0.1) is 0 Å². The van der Waals surface area contributed by atoms with E-state index in [1.165, 1.54) is 12.1 Å². The number of para-hydroxylation sites is 1. The summed E-state index contributed by atoms with van der Waals surface area (Å²) in [5, 5.41) is 9.32. The predicted molar refractivity (Wildman–Crippen MR) is 50.7 cm³/mol. The van der Waals surface area contributed by atoms with Gasteiger partial charge in [0.2, 0.25) is 0 Å². The highest BCUT2D eigenvalue weighted by atomic mass is 19.1. The number of hydrogen-bond donors (Lipinski definition) is 2. The number of carbonyl (C=O) groups excluding carboxylic acids is 1. The molecular formula is C9H11FN2O2. The third-order valence-electron chi connectivity index (χ3n) is 1.84. The zero-order valence-corrected chi connectivity index (χ0v) is 7.70. The zero-order chi connectivity index (χ0) is 10.7. The van der Waals surface area contributed by atoms with Gasteiger partial charge in [-0.3, -0.25) is 4.90 Å². The predicted octanol–water partition coefficient (Wildman–Crippen LogP) is 1.44. The van der Waals surface area contributed by atoms with E-state index in [2.05, 4.69) is 0 Å². The van der Waals surface area contributed by atoms with E-state index in [4.69, 9.17) is 5.73 Å². The van der Waals surface area contributed by atoms with E-state index >= 15 is 0 Å². The van der Waals surface area contributed by atoms with Crippen molar-refractivity contribution < 1.29 is 14.3 Å². The quantitative estimate of drug-likeness (QED) is 0.755. The fraction of sp³-hybridized carbons (Fsp3) is 0.222. The Hall–Kier alpha value is -1.78. The molecule has 0 aromatic heterocycles. The minimum atomic E-state index is -0.776. The van der Waals surface area contributed by atoms with E-state index in [9.17, 15) is 14.3 Å². The van der Waals surface area contributed by atoms with Crippen molar-refractivity contribution >= 4 is 11.7 Å². The fourth-order valence-corrected chi connectivity index (χ4v) is 1.17. The van der Waals surface area contributed by atoms with Crippen molar-refractivity contribution in [1.29, 1.82) is 0 Å². The van der Waals surface area contributed by atoms with Gasteiger partial charge in [0.05, 0.1) is 5.69 Å². The van der Waals surface area contributed by atoms with Crippen LogP contribution < -0.4 is 10.6 Å². The van der Waals surface area contributed by atoms with Gasteiger partial charge in [0.15, 0.2) is 11.6 Å². The Morgan fingerprint density at radius 2 is 2.29 bits per heavy atom. The third-order valence-corrected chi connectivity index (χ3v) is 1.84.